The van der Waals surface area contributed by atoms with Crippen LogP contribution in [0.25, 0.3) is 0 Å². The average Bonchev–Trinajstić information content (AvgIpc) is 2.60. The highest BCUT2D eigenvalue weighted by atomic mass is 16.5. The highest BCUT2D eigenvalue weighted by Gasteiger charge is 2.29. The molecule has 1 aromatic rings. The zero-order valence-electron chi connectivity index (χ0n) is 14.3. The normalized spacial score (nSPS) is 14.0. The van der Waals surface area contributed by atoms with Crippen molar-refractivity contribution in [3.05, 3.63) is 29.8 Å². The van der Waals surface area contributed by atoms with Gasteiger partial charge in [-0.3, -0.25) is 14.4 Å². The molecule has 0 saturated carbocycles. The van der Waals surface area contributed by atoms with E-state index < -0.39 is 11.9 Å². The minimum absolute atomic E-state index is 0.146. The van der Waals surface area contributed by atoms with Crippen molar-refractivity contribution >= 4 is 29.4 Å². The van der Waals surface area contributed by atoms with Crippen molar-refractivity contribution in [3.63, 3.8) is 0 Å². The van der Waals surface area contributed by atoms with E-state index in [2.05, 4.69) is 5.32 Å². The molecule has 3 amide bonds. The Balaban J connectivity index is 1.96. The maximum atomic E-state index is 12.6. The summed E-state index contributed by atoms with van der Waals surface area (Å²) in [5, 5.41) is 2.64. The maximum Gasteiger partial charge on any atom is 0.397 e. The lowest BCUT2D eigenvalue weighted by Crippen LogP contribution is -2.52. The molecule has 1 fully saturated rings. The van der Waals surface area contributed by atoms with Gasteiger partial charge in [-0.05, 0) is 25.1 Å². The number of carbonyl (C=O) groups is 4. The summed E-state index contributed by atoms with van der Waals surface area (Å²) in [6.45, 7) is 4.38. The molecule has 1 heterocycles. The zero-order valence-corrected chi connectivity index (χ0v) is 14.3. The predicted octanol–water partition coefficient (Wildman–Crippen LogP) is 0.492. The van der Waals surface area contributed by atoms with Gasteiger partial charge in [0.1, 0.15) is 0 Å². The highest BCUT2D eigenvalue weighted by molar-refractivity contribution is 6.32. The van der Waals surface area contributed by atoms with Gasteiger partial charge in [0.15, 0.2) is 0 Å². The SMILES string of the molecule is CCOC(=O)C(=O)N1CCN(C(=O)c2cccc(NC(C)=O)c2)CC1. The molecule has 2 rings (SSSR count). The minimum Gasteiger partial charge on any atom is -0.459 e. The van der Waals surface area contributed by atoms with E-state index >= 15 is 0 Å². The van der Waals surface area contributed by atoms with E-state index in [0.717, 1.165) is 0 Å². The molecule has 0 unspecified atom stereocenters. The van der Waals surface area contributed by atoms with Crippen molar-refractivity contribution in [1.29, 1.82) is 0 Å². The van der Waals surface area contributed by atoms with Crippen LogP contribution in [0.15, 0.2) is 24.3 Å². The summed E-state index contributed by atoms with van der Waals surface area (Å²) in [5.74, 6) is -1.95. The number of ether oxygens (including phenoxy) is 1. The maximum absolute atomic E-state index is 12.6. The lowest BCUT2D eigenvalue weighted by atomic mass is 10.1. The van der Waals surface area contributed by atoms with E-state index in [0.29, 0.717) is 24.3 Å². The monoisotopic (exact) mass is 347 g/mol. The first-order valence-corrected chi connectivity index (χ1v) is 8.05. The van der Waals surface area contributed by atoms with Crippen LogP contribution in [0.1, 0.15) is 24.2 Å². The molecule has 8 nitrogen and oxygen atoms in total. The van der Waals surface area contributed by atoms with Crippen molar-refractivity contribution in [2.45, 2.75) is 13.8 Å². The Morgan fingerprint density at radius 2 is 1.72 bits per heavy atom. The number of hydrogen-bond acceptors (Lipinski definition) is 5. The van der Waals surface area contributed by atoms with Crippen LogP contribution < -0.4 is 5.32 Å². The van der Waals surface area contributed by atoms with E-state index in [1.807, 2.05) is 0 Å². The van der Waals surface area contributed by atoms with Crippen molar-refractivity contribution in [1.82, 2.24) is 9.80 Å². The van der Waals surface area contributed by atoms with Crippen molar-refractivity contribution in [2.75, 3.05) is 38.1 Å². The molecular formula is C17H21N3O5. The third-order valence-electron chi connectivity index (χ3n) is 3.73. The molecule has 134 valence electrons. The average molecular weight is 347 g/mol. The van der Waals surface area contributed by atoms with E-state index in [4.69, 9.17) is 4.74 Å². The zero-order chi connectivity index (χ0) is 18.4. The van der Waals surface area contributed by atoms with Crippen LogP contribution in [0.3, 0.4) is 0 Å². The van der Waals surface area contributed by atoms with Gasteiger partial charge in [0.25, 0.3) is 5.91 Å². The van der Waals surface area contributed by atoms with Gasteiger partial charge in [-0.25, -0.2) is 4.79 Å². The van der Waals surface area contributed by atoms with Crippen LogP contribution in [0.2, 0.25) is 0 Å². The lowest BCUT2D eigenvalue weighted by molar-refractivity contribution is -0.160. The van der Waals surface area contributed by atoms with E-state index in [9.17, 15) is 19.2 Å². The highest BCUT2D eigenvalue weighted by Crippen LogP contribution is 2.14. The number of rotatable bonds is 3. The van der Waals surface area contributed by atoms with Gasteiger partial charge in [0.2, 0.25) is 5.91 Å². The molecule has 1 aromatic carbocycles. The fourth-order valence-electron chi connectivity index (χ4n) is 2.55. The Bertz CT molecular complexity index is 681. The summed E-state index contributed by atoms with van der Waals surface area (Å²) < 4.78 is 4.70. The molecule has 1 saturated heterocycles. The van der Waals surface area contributed by atoms with E-state index in [1.54, 1.807) is 36.1 Å². The van der Waals surface area contributed by atoms with Crippen molar-refractivity contribution in [2.24, 2.45) is 0 Å². The van der Waals surface area contributed by atoms with Crippen LogP contribution in [0, 0.1) is 0 Å². The Morgan fingerprint density at radius 1 is 1.08 bits per heavy atom. The van der Waals surface area contributed by atoms with Gasteiger partial charge in [-0.15, -0.1) is 0 Å². The Hall–Kier alpha value is -2.90. The van der Waals surface area contributed by atoms with Crippen LogP contribution in [-0.4, -0.2) is 66.3 Å². The number of carbonyl (C=O) groups excluding carboxylic acids is 4. The third kappa shape index (κ3) is 4.79. The predicted molar refractivity (Wildman–Crippen MR) is 89.9 cm³/mol. The number of nitrogens with zero attached hydrogens (tertiary/aromatic N) is 2. The molecule has 1 aliphatic rings. The number of hydrogen-bond donors (Lipinski definition) is 1. The Labute approximate surface area is 145 Å². The molecule has 0 aliphatic carbocycles. The minimum atomic E-state index is -0.870. The van der Waals surface area contributed by atoms with Gasteiger partial charge < -0.3 is 19.9 Å². The molecule has 0 aromatic heterocycles. The first-order valence-electron chi connectivity index (χ1n) is 8.05. The topological polar surface area (TPSA) is 96.0 Å². The second-order valence-electron chi connectivity index (χ2n) is 5.57. The van der Waals surface area contributed by atoms with Crippen LogP contribution in [0.5, 0.6) is 0 Å². The van der Waals surface area contributed by atoms with E-state index in [-0.39, 0.29) is 31.5 Å². The molecule has 1 aliphatic heterocycles. The lowest BCUT2D eigenvalue weighted by Gasteiger charge is -2.34. The number of amides is 3. The number of esters is 1. The van der Waals surface area contributed by atoms with Gasteiger partial charge in [-0.2, -0.15) is 0 Å². The first kappa shape index (κ1) is 18.4. The largest absolute Gasteiger partial charge is 0.459 e. The number of piperazine rings is 1. The van der Waals surface area contributed by atoms with Gasteiger partial charge >= 0.3 is 11.9 Å². The van der Waals surface area contributed by atoms with Crippen molar-refractivity contribution < 1.29 is 23.9 Å². The second-order valence-corrected chi connectivity index (χ2v) is 5.57. The number of anilines is 1. The summed E-state index contributed by atoms with van der Waals surface area (Å²) in [5.41, 5.74) is 1.01. The van der Waals surface area contributed by atoms with Gasteiger partial charge in [-0.1, -0.05) is 6.07 Å². The summed E-state index contributed by atoms with van der Waals surface area (Å²) >= 11 is 0. The fraction of sp³-hybridized carbons (Fsp3) is 0.412. The Morgan fingerprint density at radius 3 is 2.32 bits per heavy atom. The Kier molecular flexibility index (Phi) is 6.10. The van der Waals surface area contributed by atoms with E-state index in [1.165, 1.54) is 11.8 Å². The summed E-state index contributed by atoms with van der Waals surface area (Å²) in [4.78, 5) is 50.0. The molecule has 0 spiro atoms. The smallest absolute Gasteiger partial charge is 0.397 e. The molecular weight excluding hydrogens is 326 g/mol. The first-order chi connectivity index (χ1) is 11.9. The molecule has 1 N–H and O–H groups in total. The second kappa shape index (κ2) is 8.27. The fourth-order valence-corrected chi connectivity index (χ4v) is 2.55. The summed E-state index contributed by atoms with van der Waals surface area (Å²) in [6.07, 6.45) is 0. The van der Waals surface area contributed by atoms with Crippen molar-refractivity contribution in [3.8, 4) is 0 Å². The van der Waals surface area contributed by atoms with Crippen LogP contribution >= 0.6 is 0 Å². The van der Waals surface area contributed by atoms with Gasteiger partial charge in [0, 0.05) is 44.4 Å². The van der Waals surface area contributed by atoms with Gasteiger partial charge in [0.05, 0.1) is 6.61 Å². The van der Waals surface area contributed by atoms with Crippen LogP contribution in [-0.2, 0) is 19.1 Å². The molecule has 25 heavy (non-hydrogen) atoms. The van der Waals surface area contributed by atoms with Crippen LogP contribution in [0.4, 0.5) is 5.69 Å². The molecule has 0 radical (unpaired) electrons. The molecule has 8 heteroatoms. The standard InChI is InChI=1S/C17H21N3O5/c1-3-25-17(24)16(23)20-9-7-19(8-10-20)15(22)13-5-4-6-14(11-13)18-12(2)21/h4-6,11H,3,7-10H2,1-2H3,(H,18,21). The third-order valence-corrected chi connectivity index (χ3v) is 3.73. The summed E-state index contributed by atoms with van der Waals surface area (Å²) in [6, 6.07) is 6.68. The number of nitrogens with one attached hydrogen (secondary N) is 1. The summed E-state index contributed by atoms with van der Waals surface area (Å²) in [7, 11) is 0. The molecule has 0 bridgehead atoms. The quantitative estimate of drug-likeness (QED) is 0.634. The molecule has 0 atom stereocenters. The number of benzene rings is 1.